The number of carbonyl (C=O) groups is 1. The monoisotopic (exact) mass is 157 g/mol. The van der Waals surface area contributed by atoms with Crippen LogP contribution >= 0.6 is 11.8 Å². The Labute approximate surface area is 62.6 Å². The van der Waals surface area contributed by atoms with Crippen molar-refractivity contribution in [1.29, 1.82) is 5.41 Å². The van der Waals surface area contributed by atoms with Gasteiger partial charge in [-0.2, -0.15) is 0 Å². The Morgan fingerprint density at radius 1 is 1.90 bits per heavy atom. The molecular formula is C6H7NO2S. The highest BCUT2D eigenvalue weighted by Crippen LogP contribution is 2.32. The summed E-state index contributed by atoms with van der Waals surface area (Å²) in [6.07, 6.45) is 0.318. The molecule has 4 heteroatoms. The lowest BCUT2D eigenvalue weighted by Gasteiger charge is -1.96. The molecule has 1 rings (SSSR count). The summed E-state index contributed by atoms with van der Waals surface area (Å²) in [6.45, 7) is 3.54. The predicted octanol–water partition coefficient (Wildman–Crippen LogP) is 1.11. The number of allylic oxidation sites excluding steroid dienone is 1. The molecule has 10 heavy (non-hydrogen) atoms. The van der Waals surface area contributed by atoms with Gasteiger partial charge in [0.25, 0.3) is 0 Å². The van der Waals surface area contributed by atoms with Gasteiger partial charge in [0.05, 0.1) is 0 Å². The summed E-state index contributed by atoms with van der Waals surface area (Å²) in [7, 11) is 0. The Balaban J connectivity index is 2.66. The number of hydrogen-bond donors (Lipinski definition) is 2. The molecule has 0 aromatic heterocycles. The zero-order valence-corrected chi connectivity index (χ0v) is 6.07. The van der Waals surface area contributed by atoms with Gasteiger partial charge in [0, 0.05) is 17.0 Å². The molecule has 0 saturated carbocycles. The zero-order chi connectivity index (χ0) is 7.72. The fourth-order valence-electron chi connectivity index (χ4n) is 0.721. The number of rotatable bonds is 1. The molecule has 54 valence electrons. The lowest BCUT2D eigenvalue weighted by Crippen LogP contribution is -2.12. The normalized spacial score (nSPS) is 25.4. The SMILES string of the molecule is C=C1S[C@@H](C(=O)O)CC1=N. The van der Waals surface area contributed by atoms with Gasteiger partial charge < -0.3 is 10.5 Å². The second-order valence-electron chi connectivity index (χ2n) is 2.05. The summed E-state index contributed by atoms with van der Waals surface area (Å²) in [5.74, 6) is -0.853. The highest BCUT2D eigenvalue weighted by Gasteiger charge is 2.29. The van der Waals surface area contributed by atoms with Gasteiger partial charge in [-0.3, -0.25) is 4.79 Å². The molecule has 0 aliphatic carbocycles. The summed E-state index contributed by atoms with van der Waals surface area (Å²) in [4.78, 5) is 10.9. The van der Waals surface area contributed by atoms with Crippen LogP contribution in [-0.2, 0) is 4.79 Å². The molecule has 1 aliphatic rings. The van der Waals surface area contributed by atoms with Gasteiger partial charge in [-0.15, -0.1) is 11.8 Å². The van der Waals surface area contributed by atoms with Crippen molar-refractivity contribution in [3.8, 4) is 0 Å². The van der Waals surface area contributed by atoms with E-state index in [4.69, 9.17) is 10.5 Å². The number of carboxylic acids is 1. The fraction of sp³-hybridized carbons (Fsp3) is 0.333. The Morgan fingerprint density at radius 3 is 2.70 bits per heavy atom. The molecule has 1 aliphatic heterocycles. The smallest absolute Gasteiger partial charge is 0.317 e. The van der Waals surface area contributed by atoms with Crippen molar-refractivity contribution in [2.45, 2.75) is 11.7 Å². The highest BCUT2D eigenvalue weighted by molar-refractivity contribution is 8.05. The van der Waals surface area contributed by atoms with Crippen LogP contribution in [0.4, 0.5) is 0 Å². The molecule has 0 radical (unpaired) electrons. The second-order valence-corrected chi connectivity index (χ2v) is 3.35. The average molecular weight is 157 g/mol. The van der Waals surface area contributed by atoms with Crippen molar-refractivity contribution < 1.29 is 9.90 Å². The number of nitrogens with one attached hydrogen (secondary N) is 1. The van der Waals surface area contributed by atoms with E-state index in [1.165, 1.54) is 0 Å². The first-order chi connectivity index (χ1) is 4.61. The Kier molecular flexibility index (Phi) is 1.80. The molecule has 0 spiro atoms. The molecule has 0 amide bonds. The summed E-state index contributed by atoms with van der Waals surface area (Å²) in [5, 5.41) is 15.2. The number of thioether (sulfide) groups is 1. The van der Waals surface area contributed by atoms with Crippen molar-refractivity contribution in [2.75, 3.05) is 0 Å². The molecule has 1 atom stereocenters. The van der Waals surface area contributed by atoms with Crippen LogP contribution in [-0.4, -0.2) is 22.0 Å². The molecular weight excluding hydrogens is 150 g/mol. The number of carboxylic acid groups (broad SMARTS) is 1. The van der Waals surface area contributed by atoms with Crippen molar-refractivity contribution in [3.05, 3.63) is 11.5 Å². The van der Waals surface area contributed by atoms with E-state index >= 15 is 0 Å². The average Bonchev–Trinajstić information content (AvgIpc) is 2.13. The fourth-order valence-corrected chi connectivity index (χ4v) is 1.64. The van der Waals surface area contributed by atoms with Crippen molar-refractivity contribution in [3.63, 3.8) is 0 Å². The summed E-state index contributed by atoms with van der Waals surface area (Å²) in [5.41, 5.74) is 0.359. The van der Waals surface area contributed by atoms with Gasteiger partial charge in [0.1, 0.15) is 5.25 Å². The maximum atomic E-state index is 10.3. The predicted molar refractivity (Wildman–Crippen MR) is 40.5 cm³/mol. The molecule has 0 bridgehead atoms. The van der Waals surface area contributed by atoms with E-state index in [0.29, 0.717) is 17.0 Å². The Bertz CT molecular complexity index is 196. The van der Waals surface area contributed by atoms with Crippen LogP contribution in [0.3, 0.4) is 0 Å². The van der Waals surface area contributed by atoms with Crippen LogP contribution in [0.2, 0.25) is 0 Å². The number of hydrogen-bond acceptors (Lipinski definition) is 3. The lowest BCUT2D eigenvalue weighted by molar-refractivity contribution is -0.136. The second kappa shape index (κ2) is 2.46. The van der Waals surface area contributed by atoms with E-state index in [0.717, 1.165) is 11.8 Å². The molecule has 3 nitrogen and oxygen atoms in total. The van der Waals surface area contributed by atoms with Gasteiger partial charge >= 0.3 is 5.97 Å². The van der Waals surface area contributed by atoms with E-state index in [1.54, 1.807) is 0 Å². The Hall–Kier alpha value is -0.770. The zero-order valence-electron chi connectivity index (χ0n) is 5.26. The van der Waals surface area contributed by atoms with Gasteiger partial charge in [-0.25, -0.2) is 0 Å². The molecule has 1 saturated heterocycles. The van der Waals surface area contributed by atoms with Crippen LogP contribution in [0.5, 0.6) is 0 Å². The van der Waals surface area contributed by atoms with Crippen LogP contribution in [0.25, 0.3) is 0 Å². The van der Waals surface area contributed by atoms with Crippen LogP contribution in [0, 0.1) is 5.41 Å². The first-order valence-electron chi connectivity index (χ1n) is 2.77. The third-order valence-electron chi connectivity index (χ3n) is 1.29. The topological polar surface area (TPSA) is 61.1 Å². The van der Waals surface area contributed by atoms with Crippen molar-refractivity contribution in [1.82, 2.24) is 0 Å². The van der Waals surface area contributed by atoms with Crippen LogP contribution in [0.1, 0.15) is 6.42 Å². The minimum atomic E-state index is -0.853. The van der Waals surface area contributed by atoms with Crippen molar-refractivity contribution in [2.24, 2.45) is 0 Å². The highest BCUT2D eigenvalue weighted by atomic mass is 32.2. The summed E-state index contributed by atoms with van der Waals surface area (Å²) >= 11 is 1.16. The minimum absolute atomic E-state index is 0.318. The Morgan fingerprint density at radius 2 is 2.50 bits per heavy atom. The molecule has 0 unspecified atom stereocenters. The largest absolute Gasteiger partial charge is 0.480 e. The van der Waals surface area contributed by atoms with Crippen LogP contribution in [0.15, 0.2) is 11.5 Å². The van der Waals surface area contributed by atoms with E-state index in [-0.39, 0.29) is 0 Å². The first kappa shape index (κ1) is 7.34. The maximum Gasteiger partial charge on any atom is 0.317 e. The van der Waals surface area contributed by atoms with Gasteiger partial charge in [0.2, 0.25) is 0 Å². The summed E-state index contributed by atoms with van der Waals surface area (Å²) < 4.78 is 0. The van der Waals surface area contributed by atoms with E-state index in [1.807, 2.05) is 0 Å². The van der Waals surface area contributed by atoms with Gasteiger partial charge in [-0.05, 0) is 0 Å². The lowest BCUT2D eigenvalue weighted by atomic mass is 10.2. The third kappa shape index (κ3) is 1.21. The molecule has 2 N–H and O–H groups in total. The third-order valence-corrected chi connectivity index (χ3v) is 2.47. The maximum absolute atomic E-state index is 10.3. The number of aliphatic carboxylic acids is 1. The van der Waals surface area contributed by atoms with Crippen molar-refractivity contribution >= 4 is 23.4 Å². The molecule has 1 fully saturated rings. The van der Waals surface area contributed by atoms with E-state index in [9.17, 15) is 4.79 Å². The minimum Gasteiger partial charge on any atom is -0.480 e. The standard InChI is InChI=1S/C6H7NO2S/c1-3-4(7)2-5(10-3)6(8)9/h5,7H,1-2H2,(H,8,9)/t5-/m1/s1. The molecule has 0 aromatic carbocycles. The van der Waals surface area contributed by atoms with E-state index in [2.05, 4.69) is 6.58 Å². The van der Waals surface area contributed by atoms with E-state index < -0.39 is 11.2 Å². The quantitative estimate of drug-likeness (QED) is 0.599. The molecule has 1 heterocycles. The first-order valence-corrected chi connectivity index (χ1v) is 3.65. The van der Waals surface area contributed by atoms with Gasteiger partial charge in [-0.1, -0.05) is 6.58 Å². The summed E-state index contributed by atoms with van der Waals surface area (Å²) in [6, 6.07) is 0. The van der Waals surface area contributed by atoms with Crippen LogP contribution < -0.4 is 0 Å². The van der Waals surface area contributed by atoms with Gasteiger partial charge in [0.15, 0.2) is 0 Å². The molecule has 0 aromatic rings.